The smallest absolute Gasteiger partial charge is 0.222 e. The monoisotopic (exact) mass is 334 g/mol. The largest absolute Gasteiger partial charge is 0.342 e. The third kappa shape index (κ3) is 3.67. The summed E-state index contributed by atoms with van der Waals surface area (Å²) in [6, 6.07) is 8.11. The van der Waals surface area contributed by atoms with Gasteiger partial charge in [-0.25, -0.2) is 4.98 Å². The van der Waals surface area contributed by atoms with Crippen molar-refractivity contribution in [3.8, 4) is 0 Å². The number of nitrogens with zero attached hydrogens (tertiary/aromatic N) is 2. The number of likely N-dealkylation sites (tertiary alicyclic amines) is 1. The molecule has 0 bridgehead atoms. The second-order valence-electron chi connectivity index (χ2n) is 5.54. The van der Waals surface area contributed by atoms with E-state index in [9.17, 15) is 9.59 Å². The predicted molar refractivity (Wildman–Crippen MR) is 91.2 cm³/mol. The molecule has 1 aliphatic heterocycles. The van der Waals surface area contributed by atoms with Crippen LogP contribution in [-0.2, 0) is 16.0 Å². The second kappa shape index (κ2) is 6.79. The van der Waals surface area contributed by atoms with Gasteiger partial charge in [0.15, 0.2) is 5.12 Å². The Kier molecular flexibility index (Phi) is 4.78. The highest BCUT2D eigenvalue weighted by Gasteiger charge is 2.29. The molecule has 0 spiro atoms. The minimum atomic E-state index is 0.125. The lowest BCUT2D eigenvalue weighted by Gasteiger charge is -2.15. The molecule has 0 aliphatic carbocycles. The predicted octanol–water partition coefficient (Wildman–Crippen LogP) is 2.97. The molecule has 2 aromatic rings. The summed E-state index contributed by atoms with van der Waals surface area (Å²) in [4.78, 5) is 29.6. The van der Waals surface area contributed by atoms with E-state index in [4.69, 9.17) is 0 Å². The summed E-state index contributed by atoms with van der Waals surface area (Å²) in [6.07, 6.45) is 1.37. The average molecular weight is 334 g/mol. The van der Waals surface area contributed by atoms with E-state index in [2.05, 4.69) is 11.1 Å². The fraction of sp³-hybridized carbons (Fsp3) is 0.438. The number of carbonyl (C=O) groups excluding carboxylic acids is 2. The van der Waals surface area contributed by atoms with Crippen LogP contribution in [0, 0.1) is 5.92 Å². The van der Waals surface area contributed by atoms with Gasteiger partial charge in [0, 0.05) is 38.6 Å². The molecule has 6 heteroatoms. The Morgan fingerprint density at radius 2 is 2.27 bits per heavy atom. The highest BCUT2D eigenvalue weighted by Crippen LogP contribution is 2.25. The van der Waals surface area contributed by atoms with E-state index >= 15 is 0 Å². The molecule has 22 heavy (non-hydrogen) atoms. The zero-order valence-electron chi connectivity index (χ0n) is 12.4. The third-order valence-electron chi connectivity index (χ3n) is 3.75. The number of thiazole rings is 1. The van der Waals surface area contributed by atoms with Gasteiger partial charge in [-0.2, -0.15) is 0 Å². The summed E-state index contributed by atoms with van der Waals surface area (Å²) >= 11 is 3.02. The standard InChI is InChI=1S/C16H18N2O2S2/c1-11(19)21-10-12-8-16(20)18(9-12)7-6-15-17-13-4-2-3-5-14(13)22-15/h2-5,12H,6-10H2,1H3. The van der Waals surface area contributed by atoms with Crippen molar-refractivity contribution in [3.63, 3.8) is 0 Å². The number of amides is 1. The molecule has 1 aromatic heterocycles. The molecule has 1 amide bonds. The summed E-state index contributed by atoms with van der Waals surface area (Å²) < 4.78 is 1.20. The lowest BCUT2D eigenvalue weighted by molar-refractivity contribution is -0.127. The van der Waals surface area contributed by atoms with Crippen LogP contribution in [0.4, 0.5) is 0 Å². The van der Waals surface area contributed by atoms with Crippen LogP contribution in [-0.4, -0.2) is 39.7 Å². The molecule has 0 N–H and O–H groups in total. The second-order valence-corrected chi connectivity index (χ2v) is 7.85. The van der Waals surface area contributed by atoms with Crippen LogP contribution in [0.3, 0.4) is 0 Å². The number of hydrogen-bond donors (Lipinski definition) is 0. The van der Waals surface area contributed by atoms with E-state index in [1.807, 2.05) is 23.1 Å². The topological polar surface area (TPSA) is 50.3 Å². The van der Waals surface area contributed by atoms with Gasteiger partial charge in [0.05, 0.1) is 15.2 Å². The fourth-order valence-corrected chi connectivity index (χ4v) is 4.32. The zero-order valence-corrected chi connectivity index (χ0v) is 14.1. The number of rotatable bonds is 5. The molecule has 116 valence electrons. The van der Waals surface area contributed by atoms with Crippen molar-refractivity contribution in [2.45, 2.75) is 19.8 Å². The quantitative estimate of drug-likeness (QED) is 0.843. The Labute approximate surface area is 137 Å². The van der Waals surface area contributed by atoms with E-state index in [0.717, 1.165) is 35.8 Å². The fourth-order valence-electron chi connectivity index (χ4n) is 2.67. The molecule has 1 fully saturated rings. The van der Waals surface area contributed by atoms with Gasteiger partial charge in [-0.05, 0) is 18.1 Å². The molecular formula is C16H18N2O2S2. The molecule has 3 rings (SSSR count). The van der Waals surface area contributed by atoms with Crippen molar-refractivity contribution in [2.24, 2.45) is 5.92 Å². The van der Waals surface area contributed by atoms with Gasteiger partial charge in [0.1, 0.15) is 0 Å². The first-order valence-electron chi connectivity index (χ1n) is 7.37. The lowest BCUT2D eigenvalue weighted by Crippen LogP contribution is -2.27. The van der Waals surface area contributed by atoms with Gasteiger partial charge in [-0.15, -0.1) is 11.3 Å². The van der Waals surface area contributed by atoms with Gasteiger partial charge in [-0.3, -0.25) is 9.59 Å². The maximum Gasteiger partial charge on any atom is 0.222 e. The maximum absolute atomic E-state index is 12.0. The van der Waals surface area contributed by atoms with Crippen molar-refractivity contribution < 1.29 is 9.59 Å². The molecular weight excluding hydrogens is 316 g/mol. The molecule has 0 radical (unpaired) electrons. The Morgan fingerprint density at radius 1 is 1.45 bits per heavy atom. The SMILES string of the molecule is CC(=O)SCC1CC(=O)N(CCc2nc3ccccc3s2)C1. The summed E-state index contributed by atoms with van der Waals surface area (Å²) in [5, 5.41) is 1.20. The average Bonchev–Trinajstić information content (AvgIpc) is 3.05. The van der Waals surface area contributed by atoms with Crippen LogP contribution in [0.25, 0.3) is 10.2 Å². The van der Waals surface area contributed by atoms with Crippen LogP contribution >= 0.6 is 23.1 Å². The molecule has 2 heterocycles. The Bertz CT molecular complexity index is 665. The van der Waals surface area contributed by atoms with Crippen molar-refractivity contribution >= 4 is 44.3 Å². The molecule has 4 nitrogen and oxygen atoms in total. The normalized spacial score (nSPS) is 18.3. The number of carbonyl (C=O) groups is 2. The lowest BCUT2D eigenvalue weighted by atomic mass is 10.1. The van der Waals surface area contributed by atoms with Crippen LogP contribution in [0.15, 0.2) is 24.3 Å². The van der Waals surface area contributed by atoms with Crippen LogP contribution in [0.2, 0.25) is 0 Å². The maximum atomic E-state index is 12.0. The van der Waals surface area contributed by atoms with Crippen LogP contribution < -0.4 is 0 Å². The highest BCUT2D eigenvalue weighted by atomic mass is 32.2. The van der Waals surface area contributed by atoms with Crippen LogP contribution in [0.1, 0.15) is 18.4 Å². The van der Waals surface area contributed by atoms with Crippen molar-refractivity contribution in [1.29, 1.82) is 0 Å². The highest BCUT2D eigenvalue weighted by molar-refractivity contribution is 8.13. The first kappa shape index (κ1) is 15.5. The Balaban J connectivity index is 1.54. The molecule has 1 unspecified atom stereocenters. The zero-order chi connectivity index (χ0) is 15.5. The molecule has 1 aromatic carbocycles. The van der Waals surface area contributed by atoms with Crippen molar-refractivity contribution in [2.75, 3.05) is 18.8 Å². The van der Waals surface area contributed by atoms with E-state index in [0.29, 0.717) is 12.3 Å². The summed E-state index contributed by atoms with van der Waals surface area (Å²) in [6.45, 7) is 3.07. The van der Waals surface area contributed by atoms with Gasteiger partial charge < -0.3 is 4.90 Å². The first-order chi connectivity index (χ1) is 10.6. The van der Waals surface area contributed by atoms with Gasteiger partial charge in [0.2, 0.25) is 5.91 Å². The van der Waals surface area contributed by atoms with Gasteiger partial charge >= 0.3 is 0 Å². The number of fused-ring (bicyclic) bond motifs is 1. The van der Waals surface area contributed by atoms with E-state index < -0.39 is 0 Å². The van der Waals surface area contributed by atoms with E-state index in [-0.39, 0.29) is 11.0 Å². The first-order valence-corrected chi connectivity index (χ1v) is 9.17. The minimum absolute atomic E-state index is 0.125. The molecule has 1 saturated heterocycles. The number of benzene rings is 1. The van der Waals surface area contributed by atoms with E-state index in [1.165, 1.54) is 16.5 Å². The van der Waals surface area contributed by atoms with E-state index in [1.54, 1.807) is 18.3 Å². The number of hydrogen-bond acceptors (Lipinski definition) is 5. The summed E-state index contributed by atoms with van der Waals surface area (Å²) in [5.41, 5.74) is 1.03. The summed E-state index contributed by atoms with van der Waals surface area (Å²) in [7, 11) is 0. The number of thioether (sulfide) groups is 1. The molecule has 1 atom stereocenters. The Morgan fingerprint density at radius 3 is 3.05 bits per heavy atom. The molecule has 1 aliphatic rings. The molecule has 0 saturated carbocycles. The van der Waals surface area contributed by atoms with Gasteiger partial charge in [-0.1, -0.05) is 23.9 Å². The summed E-state index contributed by atoms with van der Waals surface area (Å²) in [5.74, 6) is 1.26. The third-order valence-corrected chi connectivity index (χ3v) is 5.89. The minimum Gasteiger partial charge on any atom is -0.342 e. The number of aromatic nitrogens is 1. The number of para-hydroxylation sites is 1. The van der Waals surface area contributed by atoms with Crippen molar-refractivity contribution in [1.82, 2.24) is 9.88 Å². The van der Waals surface area contributed by atoms with Crippen molar-refractivity contribution in [3.05, 3.63) is 29.3 Å². The Hall–Kier alpha value is -1.40. The van der Waals surface area contributed by atoms with Gasteiger partial charge in [0.25, 0.3) is 0 Å². The van der Waals surface area contributed by atoms with Crippen LogP contribution in [0.5, 0.6) is 0 Å².